The summed E-state index contributed by atoms with van der Waals surface area (Å²) in [6, 6.07) is 0. The van der Waals surface area contributed by atoms with Gasteiger partial charge in [0, 0.05) is 19.5 Å². The van der Waals surface area contributed by atoms with Crippen molar-refractivity contribution in [1.29, 1.82) is 0 Å². The van der Waals surface area contributed by atoms with E-state index in [9.17, 15) is 0 Å². The minimum atomic E-state index is 0. The van der Waals surface area contributed by atoms with Gasteiger partial charge in [-0.3, -0.25) is 0 Å². The van der Waals surface area contributed by atoms with Gasteiger partial charge in [-0.25, -0.2) is 0 Å². The Labute approximate surface area is 66.4 Å². The Morgan fingerprint density at radius 2 is 2.00 bits per heavy atom. The molecule has 0 heterocycles. The van der Waals surface area contributed by atoms with Crippen molar-refractivity contribution in [2.45, 2.75) is 26.2 Å². The van der Waals surface area contributed by atoms with Crippen LogP contribution in [-0.4, -0.2) is 6.16 Å². The first kappa shape index (κ1) is 11.8. The molecule has 0 amide bonds. The molecule has 1 unspecified atom stereocenters. The molecule has 0 aliphatic rings. The van der Waals surface area contributed by atoms with Crippen molar-refractivity contribution in [2.75, 3.05) is 6.16 Å². The molecule has 0 saturated carbocycles. The first-order valence-corrected chi connectivity index (χ1v) is 4.13. The second-order valence-electron chi connectivity index (χ2n) is 1.66. The molecule has 0 aliphatic carbocycles. The summed E-state index contributed by atoms with van der Waals surface area (Å²) in [7, 11) is 0.668. The van der Waals surface area contributed by atoms with Crippen LogP contribution in [0, 0.1) is 0 Å². The Morgan fingerprint density at radius 1 is 1.38 bits per heavy atom. The number of nitrogens with two attached hydrogens (primary N) is 1. The van der Waals surface area contributed by atoms with Crippen molar-refractivity contribution in [2.24, 2.45) is 5.50 Å². The number of hydrogen-bond acceptors (Lipinski definition) is 1. The molecule has 0 saturated heterocycles. The Balaban J connectivity index is 0. The Morgan fingerprint density at radius 3 is 2.38 bits per heavy atom. The van der Waals surface area contributed by atoms with E-state index in [1.165, 1.54) is 25.4 Å². The first-order valence-electron chi connectivity index (χ1n) is 2.85. The van der Waals surface area contributed by atoms with Crippen LogP contribution in [-0.2, 0) is 19.5 Å². The summed E-state index contributed by atoms with van der Waals surface area (Å²) in [5, 5.41) is 0. The second-order valence-corrected chi connectivity index (χ2v) is 2.57. The average Bonchev–Trinajstić information content (AvgIpc) is 1.69. The van der Waals surface area contributed by atoms with E-state index in [-0.39, 0.29) is 19.5 Å². The van der Waals surface area contributed by atoms with E-state index in [1.807, 2.05) is 0 Å². The maximum Gasteiger partial charge on any atom is 0 e. The number of rotatable bonds is 4. The third kappa shape index (κ3) is 10.1. The van der Waals surface area contributed by atoms with Gasteiger partial charge in [0.15, 0.2) is 0 Å². The molecule has 0 aromatic rings. The van der Waals surface area contributed by atoms with Crippen LogP contribution in [0.4, 0.5) is 0 Å². The predicted molar refractivity (Wildman–Crippen MR) is 36.9 cm³/mol. The van der Waals surface area contributed by atoms with E-state index >= 15 is 0 Å². The monoisotopic (exact) mass is 221 g/mol. The molecule has 1 nitrogen and oxygen atoms in total. The molecule has 8 heavy (non-hydrogen) atoms. The van der Waals surface area contributed by atoms with Gasteiger partial charge in [0.05, 0.1) is 0 Å². The molecule has 0 aromatic heterocycles. The normalized spacial score (nSPS) is 9.75. The summed E-state index contributed by atoms with van der Waals surface area (Å²) in [6.45, 7) is 2.21. The fourth-order valence-corrected chi connectivity index (χ4v) is 0.931. The fourth-order valence-electron chi connectivity index (χ4n) is 0.477. The Kier molecular flexibility index (Phi) is 16.0. The third-order valence-corrected chi connectivity index (χ3v) is 1.57. The van der Waals surface area contributed by atoms with E-state index in [4.69, 9.17) is 5.50 Å². The molecule has 2 N–H and O–H groups in total. The minimum Gasteiger partial charge on any atom is -0.312 e. The quantitative estimate of drug-likeness (QED) is 0.436. The molecule has 0 radical (unpaired) electrons. The van der Waals surface area contributed by atoms with Crippen LogP contribution in [0.1, 0.15) is 26.2 Å². The molecule has 3 heteroatoms. The predicted octanol–water partition coefficient (Wildman–Crippen LogP) is 1.73. The van der Waals surface area contributed by atoms with Crippen LogP contribution >= 0.6 is 8.73 Å². The van der Waals surface area contributed by atoms with Crippen LogP contribution < -0.4 is 5.50 Å². The van der Waals surface area contributed by atoms with Crippen molar-refractivity contribution in [3.05, 3.63) is 0 Å². The largest absolute Gasteiger partial charge is 0.312 e. The standard InChI is InChI=1S/C5H14NP.Ru/c1-2-3-4-5-7-6;/h7H,2-6H2,1H3;. The van der Waals surface area contributed by atoms with Gasteiger partial charge in [0.25, 0.3) is 0 Å². The summed E-state index contributed by atoms with van der Waals surface area (Å²) >= 11 is 0. The van der Waals surface area contributed by atoms with Crippen LogP contribution in [0.3, 0.4) is 0 Å². The molecule has 52 valence electrons. The summed E-state index contributed by atoms with van der Waals surface area (Å²) in [5.74, 6) is 0. The van der Waals surface area contributed by atoms with E-state index < -0.39 is 0 Å². The molecule has 0 aromatic carbocycles. The van der Waals surface area contributed by atoms with Gasteiger partial charge in [-0.05, 0) is 12.6 Å². The molecule has 0 spiro atoms. The third-order valence-electron chi connectivity index (χ3n) is 0.925. The summed E-state index contributed by atoms with van der Waals surface area (Å²) in [6.07, 6.45) is 5.22. The van der Waals surface area contributed by atoms with Gasteiger partial charge in [-0.1, -0.05) is 28.5 Å². The molecule has 1 atom stereocenters. The van der Waals surface area contributed by atoms with E-state index in [1.54, 1.807) is 0 Å². The van der Waals surface area contributed by atoms with Gasteiger partial charge < -0.3 is 5.50 Å². The van der Waals surface area contributed by atoms with Gasteiger partial charge in [0.1, 0.15) is 0 Å². The average molecular weight is 220 g/mol. The number of unbranched alkanes of at least 4 members (excludes halogenated alkanes) is 2. The molecular formula is C5H14NPRu. The fraction of sp³-hybridized carbons (Fsp3) is 1.00. The van der Waals surface area contributed by atoms with Crippen molar-refractivity contribution >= 4 is 8.73 Å². The zero-order valence-corrected chi connectivity index (χ0v) is 8.00. The van der Waals surface area contributed by atoms with Crippen molar-refractivity contribution in [3.63, 3.8) is 0 Å². The topological polar surface area (TPSA) is 26.0 Å². The van der Waals surface area contributed by atoms with Crippen LogP contribution in [0.2, 0.25) is 0 Å². The van der Waals surface area contributed by atoms with Gasteiger partial charge in [-0.2, -0.15) is 0 Å². The molecule has 0 bridgehead atoms. The Hall–Kier alpha value is 1.01. The Bertz CT molecular complexity index is 31.6. The van der Waals surface area contributed by atoms with E-state index in [0.29, 0.717) is 8.73 Å². The molecule has 0 rings (SSSR count). The smallest absolute Gasteiger partial charge is 0 e. The van der Waals surface area contributed by atoms with Crippen molar-refractivity contribution < 1.29 is 19.5 Å². The van der Waals surface area contributed by atoms with Crippen LogP contribution in [0.5, 0.6) is 0 Å². The van der Waals surface area contributed by atoms with Gasteiger partial charge in [-0.15, -0.1) is 0 Å². The maximum absolute atomic E-state index is 5.30. The van der Waals surface area contributed by atoms with Gasteiger partial charge >= 0.3 is 0 Å². The summed E-state index contributed by atoms with van der Waals surface area (Å²) < 4.78 is 0. The van der Waals surface area contributed by atoms with Crippen molar-refractivity contribution in [1.82, 2.24) is 0 Å². The summed E-state index contributed by atoms with van der Waals surface area (Å²) in [5.41, 5.74) is 5.30. The number of hydrogen-bond donors (Lipinski definition) is 1. The SMILES string of the molecule is CCCCCPN.[Ru]. The molecule has 0 fully saturated rings. The van der Waals surface area contributed by atoms with Crippen LogP contribution in [0.25, 0.3) is 0 Å². The zero-order chi connectivity index (χ0) is 5.54. The maximum atomic E-state index is 5.30. The summed E-state index contributed by atoms with van der Waals surface area (Å²) in [4.78, 5) is 0. The second kappa shape index (κ2) is 10.9. The van der Waals surface area contributed by atoms with Crippen molar-refractivity contribution in [3.8, 4) is 0 Å². The van der Waals surface area contributed by atoms with Gasteiger partial charge in [0.2, 0.25) is 0 Å². The molecule has 0 aliphatic heterocycles. The van der Waals surface area contributed by atoms with E-state index in [2.05, 4.69) is 6.92 Å². The van der Waals surface area contributed by atoms with Crippen LogP contribution in [0.15, 0.2) is 0 Å². The zero-order valence-electron chi connectivity index (χ0n) is 5.26. The first-order chi connectivity index (χ1) is 3.41. The minimum absolute atomic E-state index is 0. The van der Waals surface area contributed by atoms with E-state index in [0.717, 1.165) is 0 Å². The molecular weight excluding hydrogens is 206 g/mol.